The van der Waals surface area contributed by atoms with Crippen LogP contribution in [0.25, 0.3) is 0 Å². The number of carbonyl (C=O) groups excluding carboxylic acids is 1. The molecule has 142 valence electrons. The molecule has 2 rings (SSSR count). The smallest absolute Gasteiger partial charge is 0.250 e. The molecule has 1 heterocycles. The fourth-order valence-electron chi connectivity index (χ4n) is 2.59. The molecule has 0 bridgehead atoms. The lowest BCUT2D eigenvalue weighted by Crippen LogP contribution is -2.41. The first kappa shape index (κ1) is 20.4. The van der Waals surface area contributed by atoms with Crippen LogP contribution in [0.4, 0.5) is 11.4 Å². The minimum atomic E-state index is -3.68. The van der Waals surface area contributed by atoms with E-state index in [4.69, 9.17) is 0 Å². The van der Waals surface area contributed by atoms with Gasteiger partial charge in [-0.05, 0) is 63.4 Å². The summed E-state index contributed by atoms with van der Waals surface area (Å²) in [5.74, 6) is -0.408. The Balaban J connectivity index is 2.01. The molecule has 0 saturated heterocycles. The van der Waals surface area contributed by atoms with Crippen molar-refractivity contribution in [1.29, 1.82) is 0 Å². The Morgan fingerprint density at radius 3 is 2.31 bits per heavy atom. The molecular weight excluding hydrogens is 370 g/mol. The maximum absolute atomic E-state index is 12.3. The van der Waals surface area contributed by atoms with Crippen LogP contribution in [-0.2, 0) is 14.8 Å². The Morgan fingerprint density at radius 2 is 1.81 bits per heavy atom. The molecule has 0 radical (unpaired) electrons. The monoisotopic (exact) mass is 395 g/mol. The number of hydrogen-bond acceptors (Lipinski definition) is 5. The highest BCUT2D eigenvalue weighted by molar-refractivity contribution is 7.91. The second-order valence-corrected chi connectivity index (χ2v) is 9.08. The molecule has 6 nitrogen and oxygen atoms in total. The van der Waals surface area contributed by atoms with Crippen molar-refractivity contribution in [2.45, 2.75) is 44.0 Å². The Hall–Kier alpha value is -1.90. The van der Waals surface area contributed by atoms with Crippen LogP contribution >= 0.6 is 11.3 Å². The maximum atomic E-state index is 12.3. The van der Waals surface area contributed by atoms with Gasteiger partial charge in [-0.3, -0.25) is 4.79 Å². The first-order valence-electron chi connectivity index (χ1n) is 8.48. The van der Waals surface area contributed by atoms with Crippen LogP contribution in [0.5, 0.6) is 0 Å². The highest BCUT2D eigenvalue weighted by atomic mass is 32.2. The third-order valence-electron chi connectivity index (χ3n) is 3.92. The van der Waals surface area contributed by atoms with E-state index in [-0.39, 0.29) is 4.21 Å². The number of carbonyl (C=O) groups is 1. The van der Waals surface area contributed by atoms with E-state index in [1.807, 2.05) is 24.3 Å². The standard InChI is InChI=1S/C18H25N3O3S2/c1-5-21(13(2)3)16-10-8-15(9-11-16)19-18(22)14(4)20-26(23,24)17-7-6-12-25-17/h6-14,20H,5H2,1-4H3,(H,19,22). The number of hydrogen-bond donors (Lipinski definition) is 2. The van der Waals surface area contributed by atoms with E-state index >= 15 is 0 Å². The van der Waals surface area contributed by atoms with Gasteiger partial charge in [-0.1, -0.05) is 6.07 Å². The number of thiophene rings is 1. The Bertz CT molecular complexity index is 816. The van der Waals surface area contributed by atoms with Crippen molar-refractivity contribution in [3.8, 4) is 0 Å². The fraction of sp³-hybridized carbons (Fsp3) is 0.389. The van der Waals surface area contributed by atoms with Crippen LogP contribution in [0.2, 0.25) is 0 Å². The molecule has 1 unspecified atom stereocenters. The number of benzene rings is 1. The molecule has 0 spiro atoms. The largest absolute Gasteiger partial charge is 0.369 e. The number of rotatable bonds is 8. The van der Waals surface area contributed by atoms with Crippen molar-refractivity contribution in [3.63, 3.8) is 0 Å². The molecule has 1 aromatic heterocycles. The molecule has 0 fully saturated rings. The molecule has 2 aromatic rings. The minimum absolute atomic E-state index is 0.190. The van der Waals surface area contributed by atoms with Crippen molar-refractivity contribution in [2.75, 3.05) is 16.8 Å². The van der Waals surface area contributed by atoms with E-state index in [9.17, 15) is 13.2 Å². The maximum Gasteiger partial charge on any atom is 0.250 e. The minimum Gasteiger partial charge on any atom is -0.369 e. The van der Waals surface area contributed by atoms with Crippen LogP contribution in [0, 0.1) is 0 Å². The normalized spacial score (nSPS) is 12.8. The average Bonchev–Trinajstić information content (AvgIpc) is 3.12. The summed E-state index contributed by atoms with van der Waals surface area (Å²) in [6.07, 6.45) is 0. The van der Waals surface area contributed by atoms with Gasteiger partial charge in [0.25, 0.3) is 10.0 Å². The summed E-state index contributed by atoms with van der Waals surface area (Å²) in [4.78, 5) is 14.5. The topological polar surface area (TPSA) is 78.5 Å². The van der Waals surface area contributed by atoms with Gasteiger partial charge in [0.05, 0.1) is 6.04 Å². The SMILES string of the molecule is CCN(c1ccc(NC(=O)C(C)NS(=O)(=O)c2cccs2)cc1)C(C)C. The molecule has 0 aliphatic carbocycles. The number of nitrogens with one attached hydrogen (secondary N) is 2. The van der Waals surface area contributed by atoms with Gasteiger partial charge in [0, 0.05) is 24.0 Å². The number of amides is 1. The predicted molar refractivity (Wildman–Crippen MR) is 107 cm³/mol. The second kappa shape index (κ2) is 8.66. The van der Waals surface area contributed by atoms with E-state index in [1.54, 1.807) is 11.4 Å². The first-order chi connectivity index (χ1) is 12.2. The van der Waals surface area contributed by atoms with Crippen molar-refractivity contribution >= 4 is 38.6 Å². The molecule has 1 atom stereocenters. The summed E-state index contributed by atoms with van der Waals surface area (Å²) in [6, 6.07) is 10.2. The number of nitrogens with zero attached hydrogens (tertiary/aromatic N) is 1. The van der Waals surface area contributed by atoms with Crippen molar-refractivity contribution in [2.24, 2.45) is 0 Å². The lowest BCUT2D eigenvalue weighted by molar-refractivity contribution is -0.117. The summed E-state index contributed by atoms with van der Waals surface area (Å²) in [7, 11) is -3.68. The summed E-state index contributed by atoms with van der Waals surface area (Å²) < 4.78 is 27.0. The molecule has 0 aliphatic heterocycles. The van der Waals surface area contributed by atoms with Gasteiger partial charge in [0.15, 0.2) is 0 Å². The third kappa shape index (κ3) is 5.06. The van der Waals surface area contributed by atoms with Crippen molar-refractivity contribution in [3.05, 3.63) is 41.8 Å². The van der Waals surface area contributed by atoms with Gasteiger partial charge < -0.3 is 10.2 Å². The molecular formula is C18H25N3O3S2. The Morgan fingerprint density at radius 1 is 1.15 bits per heavy atom. The van der Waals surface area contributed by atoms with E-state index in [0.29, 0.717) is 11.7 Å². The Kier molecular flexibility index (Phi) is 6.80. The molecule has 26 heavy (non-hydrogen) atoms. The van der Waals surface area contributed by atoms with Gasteiger partial charge in [-0.2, -0.15) is 4.72 Å². The highest BCUT2D eigenvalue weighted by Crippen LogP contribution is 2.20. The van der Waals surface area contributed by atoms with Gasteiger partial charge in [0.2, 0.25) is 5.91 Å². The zero-order chi connectivity index (χ0) is 19.3. The lowest BCUT2D eigenvalue weighted by atomic mass is 10.2. The number of anilines is 2. The van der Waals surface area contributed by atoms with Gasteiger partial charge in [-0.15, -0.1) is 11.3 Å². The van der Waals surface area contributed by atoms with Gasteiger partial charge in [-0.25, -0.2) is 8.42 Å². The van der Waals surface area contributed by atoms with E-state index in [0.717, 1.165) is 23.6 Å². The highest BCUT2D eigenvalue weighted by Gasteiger charge is 2.22. The van der Waals surface area contributed by atoms with E-state index in [1.165, 1.54) is 13.0 Å². The van der Waals surface area contributed by atoms with Crippen LogP contribution in [0.15, 0.2) is 46.0 Å². The molecule has 2 N–H and O–H groups in total. The molecule has 0 aliphatic rings. The summed E-state index contributed by atoms with van der Waals surface area (Å²) in [5.41, 5.74) is 1.70. The quantitative estimate of drug-likeness (QED) is 0.719. The zero-order valence-corrected chi connectivity index (χ0v) is 17.0. The third-order valence-corrected chi connectivity index (χ3v) is 6.85. The summed E-state index contributed by atoms with van der Waals surface area (Å²) in [5, 5.41) is 4.42. The van der Waals surface area contributed by atoms with E-state index in [2.05, 4.69) is 35.7 Å². The van der Waals surface area contributed by atoms with Crippen LogP contribution in [-0.4, -0.2) is 33.0 Å². The summed E-state index contributed by atoms with van der Waals surface area (Å²) >= 11 is 1.11. The van der Waals surface area contributed by atoms with Crippen LogP contribution in [0.1, 0.15) is 27.7 Å². The number of sulfonamides is 1. The van der Waals surface area contributed by atoms with Crippen molar-refractivity contribution in [1.82, 2.24) is 4.72 Å². The zero-order valence-electron chi connectivity index (χ0n) is 15.4. The molecule has 1 aromatic carbocycles. The molecule has 8 heteroatoms. The van der Waals surface area contributed by atoms with Gasteiger partial charge in [0.1, 0.15) is 4.21 Å². The lowest BCUT2D eigenvalue weighted by Gasteiger charge is -2.27. The fourth-order valence-corrected chi connectivity index (χ4v) is 4.81. The van der Waals surface area contributed by atoms with Crippen LogP contribution < -0.4 is 14.9 Å². The average molecular weight is 396 g/mol. The molecule has 0 saturated carbocycles. The molecule has 1 amide bonds. The Labute approximate surface area is 159 Å². The first-order valence-corrected chi connectivity index (χ1v) is 10.8. The van der Waals surface area contributed by atoms with Crippen molar-refractivity contribution < 1.29 is 13.2 Å². The van der Waals surface area contributed by atoms with Crippen LogP contribution in [0.3, 0.4) is 0 Å². The summed E-state index contributed by atoms with van der Waals surface area (Å²) in [6.45, 7) is 8.76. The van der Waals surface area contributed by atoms with E-state index < -0.39 is 22.0 Å². The predicted octanol–water partition coefficient (Wildman–Crippen LogP) is 3.29. The second-order valence-electron chi connectivity index (χ2n) is 6.19. The van der Waals surface area contributed by atoms with Gasteiger partial charge >= 0.3 is 0 Å².